The molecule has 0 aromatic heterocycles. The molecule has 0 aliphatic carbocycles. The van der Waals surface area contributed by atoms with Gasteiger partial charge in [0.1, 0.15) is 18.4 Å². The van der Waals surface area contributed by atoms with Crippen LogP contribution in [0.4, 0.5) is 10.1 Å². The van der Waals surface area contributed by atoms with Gasteiger partial charge in [-0.05, 0) is 56.0 Å². The Bertz CT molecular complexity index is 1070. The first kappa shape index (κ1) is 26.3. The SMILES string of the molecule is CCNC(=O)[C@H](CC)N(Cc1ccc(F)cc1)C(=O)CN(c1c(C)cccc1C)S(C)(=O)=O. The molecule has 1 atom stereocenters. The van der Waals surface area contributed by atoms with Crippen molar-refractivity contribution in [3.63, 3.8) is 0 Å². The molecule has 0 spiro atoms. The summed E-state index contributed by atoms with van der Waals surface area (Å²) in [6.45, 7) is 7.11. The van der Waals surface area contributed by atoms with E-state index in [1.54, 1.807) is 52.0 Å². The van der Waals surface area contributed by atoms with Gasteiger partial charge in [0.2, 0.25) is 21.8 Å². The summed E-state index contributed by atoms with van der Waals surface area (Å²) in [7, 11) is -3.80. The normalized spacial score (nSPS) is 12.2. The molecule has 2 aromatic rings. The third-order valence-electron chi connectivity index (χ3n) is 5.37. The Kier molecular flexibility index (Phi) is 8.99. The van der Waals surface area contributed by atoms with E-state index >= 15 is 0 Å². The summed E-state index contributed by atoms with van der Waals surface area (Å²) in [4.78, 5) is 27.6. The van der Waals surface area contributed by atoms with E-state index in [9.17, 15) is 22.4 Å². The van der Waals surface area contributed by atoms with Crippen molar-refractivity contribution in [1.29, 1.82) is 0 Å². The second kappa shape index (κ2) is 11.3. The van der Waals surface area contributed by atoms with Crippen LogP contribution in [0.1, 0.15) is 37.0 Å². The highest BCUT2D eigenvalue weighted by Gasteiger charge is 2.32. The first-order valence-corrected chi connectivity index (χ1v) is 12.7. The Balaban J connectivity index is 2.48. The highest BCUT2D eigenvalue weighted by Crippen LogP contribution is 2.27. The predicted octanol–water partition coefficient (Wildman–Crippen LogP) is 3.15. The molecule has 2 amide bonds. The van der Waals surface area contributed by atoms with Gasteiger partial charge in [0.25, 0.3) is 0 Å². The average molecular weight is 478 g/mol. The molecule has 0 aliphatic rings. The van der Waals surface area contributed by atoms with Gasteiger partial charge >= 0.3 is 0 Å². The lowest BCUT2D eigenvalue weighted by Gasteiger charge is -2.33. The average Bonchev–Trinajstić information content (AvgIpc) is 2.73. The molecule has 0 radical (unpaired) electrons. The van der Waals surface area contributed by atoms with E-state index in [-0.39, 0.29) is 12.5 Å². The van der Waals surface area contributed by atoms with Crippen molar-refractivity contribution < 1.29 is 22.4 Å². The van der Waals surface area contributed by atoms with Crippen LogP contribution in [0.5, 0.6) is 0 Å². The molecule has 33 heavy (non-hydrogen) atoms. The Hall–Kier alpha value is -2.94. The summed E-state index contributed by atoms with van der Waals surface area (Å²) < 4.78 is 39.9. The monoisotopic (exact) mass is 477 g/mol. The van der Waals surface area contributed by atoms with E-state index in [2.05, 4.69) is 5.32 Å². The summed E-state index contributed by atoms with van der Waals surface area (Å²) in [5.41, 5.74) is 2.51. The number of rotatable bonds is 10. The first-order chi connectivity index (χ1) is 15.5. The zero-order valence-electron chi connectivity index (χ0n) is 19.8. The summed E-state index contributed by atoms with van der Waals surface area (Å²) in [6.07, 6.45) is 1.39. The number of nitrogens with zero attached hydrogens (tertiary/aromatic N) is 2. The third kappa shape index (κ3) is 6.77. The van der Waals surface area contributed by atoms with Gasteiger partial charge in [-0.25, -0.2) is 12.8 Å². The van der Waals surface area contributed by atoms with Gasteiger partial charge in [-0.1, -0.05) is 37.3 Å². The lowest BCUT2D eigenvalue weighted by atomic mass is 10.1. The number of para-hydroxylation sites is 1. The van der Waals surface area contributed by atoms with Crippen molar-refractivity contribution in [2.45, 2.75) is 46.7 Å². The molecule has 2 aromatic carbocycles. The molecular formula is C24H32FN3O4S. The number of halogens is 1. The smallest absolute Gasteiger partial charge is 0.244 e. The number of likely N-dealkylation sites (N-methyl/N-ethyl adjacent to an activating group) is 1. The highest BCUT2D eigenvalue weighted by molar-refractivity contribution is 7.92. The molecule has 0 saturated heterocycles. The molecule has 180 valence electrons. The Morgan fingerprint density at radius 3 is 2.09 bits per heavy atom. The number of amides is 2. The van der Waals surface area contributed by atoms with Gasteiger partial charge in [-0.15, -0.1) is 0 Å². The number of sulfonamides is 1. The van der Waals surface area contributed by atoms with Crippen LogP contribution in [0.15, 0.2) is 42.5 Å². The minimum atomic E-state index is -3.80. The molecule has 1 N–H and O–H groups in total. The fourth-order valence-electron chi connectivity index (χ4n) is 3.77. The molecule has 0 heterocycles. The predicted molar refractivity (Wildman–Crippen MR) is 128 cm³/mol. The second-order valence-corrected chi connectivity index (χ2v) is 9.88. The number of carbonyl (C=O) groups is 2. The van der Waals surface area contributed by atoms with Crippen molar-refractivity contribution >= 4 is 27.5 Å². The van der Waals surface area contributed by atoms with Crippen LogP contribution in [0, 0.1) is 19.7 Å². The van der Waals surface area contributed by atoms with Gasteiger partial charge in [-0.2, -0.15) is 0 Å². The van der Waals surface area contributed by atoms with Gasteiger partial charge in [0.05, 0.1) is 11.9 Å². The van der Waals surface area contributed by atoms with E-state index in [0.29, 0.717) is 35.3 Å². The quantitative estimate of drug-likeness (QED) is 0.570. The topological polar surface area (TPSA) is 86.8 Å². The van der Waals surface area contributed by atoms with Crippen LogP contribution >= 0.6 is 0 Å². The van der Waals surface area contributed by atoms with E-state index in [4.69, 9.17) is 0 Å². The lowest BCUT2D eigenvalue weighted by Crippen LogP contribution is -2.52. The minimum Gasteiger partial charge on any atom is -0.355 e. The first-order valence-electron chi connectivity index (χ1n) is 10.8. The van der Waals surface area contributed by atoms with Gasteiger partial charge in [0.15, 0.2) is 0 Å². The Morgan fingerprint density at radius 2 is 1.61 bits per heavy atom. The maximum absolute atomic E-state index is 13.5. The Morgan fingerprint density at radius 1 is 1.03 bits per heavy atom. The van der Waals surface area contributed by atoms with E-state index < -0.39 is 34.3 Å². The fourth-order valence-corrected chi connectivity index (χ4v) is 4.74. The van der Waals surface area contributed by atoms with Crippen molar-refractivity contribution in [2.24, 2.45) is 0 Å². The maximum atomic E-state index is 13.5. The molecule has 9 heteroatoms. The molecule has 7 nitrogen and oxygen atoms in total. The molecule has 2 rings (SSSR count). The number of hydrogen-bond donors (Lipinski definition) is 1. The van der Waals surface area contributed by atoms with Crippen molar-refractivity contribution in [2.75, 3.05) is 23.7 Å². The van der Waals surface area contributed by atoms with Crippen LogP contribution < -0.4 is 9.62 Å². The number of anilines is 1. The van der Waals surface area contributed by atoms with Crippen molar-refractivity contribution in [1.82, 2.24) is 10.2 Å². The van der Waals surface area contributed by atoms with Gasteiger partial charge in [-0.3, -0.25) is 13.9 Å². The molecule has 0 saturated carbocycles. The fraction of sp³-hybridized carbons (Fsp3) is 0.417. The molecule has 0 fully saturated rings. The van der Waals surface area contributed by atoms with E-state index in [0.717, 1.165) is 10.6 Å². The molecule has 0 bridgehead atoms. The highest BCUT2D eigenvalue weighted by atomic mass is 32.2. The summed E-state index contributed by atoms with van der Waals surface area (Å²) in [6, 6.07) is 10.2. The molecular weight excluding hydrogens is 445 g/mol. The van der Waals surface area contributed by atoms with Crippen LogP contribution in [0.3, 0.4) is 0 Å². The second-order valence-electron chi connectivity index (χ2n) is 7.98. The van der Waals surface area contributed by atoms with Crippen LogP contribution in [-0.4, -0.2) is 50.5 Å². The minimum absolute atomic E-state index is 0.0408. The summed E-state index contributed by atoms with van der Waals surface area (Å²) in [5, 5.41) is 2.74. The largest absolute Gasteiger partial charge is 0.355 e. The van der Waals surface area contributed by atoms with Crippen molar-refractivity contribution in [3.8, 4) is 0 Å². The van der Waals surface area contributed by atoms with Gasteiger partial charge < -0.3 is 10.2 Å². The zero-order valence-corrected chi connectivity index (χ0v) is 20.6. The van der Waals surface area contributed by atoms with Crippen LogP contribution in [0.2, 0.25) is 0 Å². The molecule has 0 unspecified atom stereocenters. The van der Waals surface area contributed by atoms with Crippen LogP contribution in [-0.2, 0) is 26.2 Å². The summed E-state index contributed by atoms with van der Waals surface area (Å²) in [5.74, 6) is -1.26. The number of aryl methyl sites for hydroxylation is 2. The number of benzene rings is 2. The zero-order chi connectivity index (χ0) is 24.8. The van der Waals surface area contributed by atoms with Crippen LogP contribution in [0.25, 0.3) is 0 Å². The number of nitrogens with one attached hydrogen (secondary N) is 1. The number of carbonyl (C=O) groups excluding carboxylic acids is 2. The third-order valence-corrected chi connectivity index (χ3v) is 6.48. The summed E-state index contributed by atoms with van der Waals surface area (Å²) >= 11 is 0. The van der Waals surface area contributed by atoms with E-state index in [1.807, 2.05) is 6.07 Å². The van der Waals surface area contributed by atoms with Crippen molar-refractivity contribution in [3.05, 3.63) is 65.0 Å². The standard InChI is InChI=1S/C24H32FN3O4S/c1-6-21(24(30)26-7-2)27(15-19-11-13-20(25)14-12-19)22(29)16-28(33(5,31)32)23-17(3)9-8-10-18(23)4/h8-14,21H,6-7,15-16H2,1-5H3,(H,26,30)/t21-/m0/s1. The maximum Gasteiger partial charge on any atom is 0.244 e. The Labute approximate surface area is 195 Å². The number of hydrogen-bond acceptors (Lipinski definition) is 4. The van der Waals surface area contributed by atoms with E-state index in [1.165, 1.54) is 17.0 Å². The molecule has 0 aliphatic heterocycles. The van der Waals surface area contributed by atoms with Gasteiger partial charge in [0, 0.05) is 13.1 Å². The lowest BCUT2D eigenvalue weighted by molar-refractivity contribution is -0.140.